The number of nitrogens with zero attached hydrogens (tertiary/aromatic N) is 2. The first-order valence-corrected chi connectivity index (χ1v) is 8.37. The number of hydrogen-bond donors (Lipinski definition) is 4. The highest BCUT2D eigenvalue weighted by Crippen LogP contribution is 2.22. The summed E-state index contributed by atoms with van der Waals surface area (Å²) in [6, 6.07) is 6.76. The molecule has 8 nitrogen and oxygen atoms in total. The Labute approximate surface area is 153 Å². The summed E-state index contributed by atoms with van der Waals surface area (Å²) >= 11 is 6.03. The number of hydrazine groups is 1. The molecule has 26 heavy (non-hydrogen) atoms. The molecule has 1 aromatic carbocycles. The Kier molecular flexibility index (Phi) is 3.96. The van der Waals surface area contributed by atoms with Gasteiger partial charge in [0.1, 0.15) is 0 Å². The fourth-order valence-electron chi connectivity index (χ4n) is 2.85. The van der Waals surface area contributed by atoms with Crippen molar-refractivity contribution in [3.8, 4) is 0 Å². The van der Waals surface area contributed by atoms with Crippen LogP contribution in [0.25, 0.3) is 10.9 Å². The van der Waals surface area contributed by atoms with E-state index in [-0.39, 0.29) is 23.9 Å². The van der Waals surface area contributed by atoms with Crippen molar-refractivity contribution in [3.05, 3.63) is 57.0 Å². The van der Waals surface area contributed by atoms with Gasteiger partial charge < -0.3 is 10.3 Å². The molecule has 0 aliphatic carbocycles. The first kappa shape index (κ1) is 16.3. The normalized spacial score (nSPS) is 14.3. The van der Waals surface area contributed by atoms with Crippen molar-refractivity contribution in [2.45, 2.75) is 19.4 Å². The second-order valence-electron chi connectivity index (χ2n) is 6.07. The topological polar surface area (TPSA) is 112 Å². The standard InChI is InChI=1S/C17H15ClN6O2/c1-8(12-5-9-4-11(18)2-3-13(9)21-16(12)26)20-17-19-7-10-6-14(25)23-24-15(10)22-17/h2-5,7-8H,6H2,1H3,(H,21,26)(H,23,25)(H2,19,20,22,24)/t8-/m0/s1. The number of anilines is 2. The van der Waals surface area contributed by atoms with Crippen molar-refractivity contribution in [1.29, 1.82) is 0 Å². The average molecular weight is 371 g/mol. The second-order valence-corrected chi connectivity index (χ2v) is 6.51. The van der Waals surface area contributed by atoms with E-state index in [2.05, 4.69) is 31.1 Å². The average Bonchev–Trinajstić information content (AvgIpc) is 2.61. The third-order valence-electron chi connectivity index (χ3n) is 4.18. The minimum Gasteiger partial charge on any atom is -0.347 e. The maximum absolute atomic E-state index is 12.4. The van der Waals surface area contributed by atoms with Crippen molar-refractivity contribution >= 4 is 40.2 Å². The van der Waals surface area contributed by atoms with Gasteiger partial charge in [-0.05, 0) is 31.2 Å². The molecule has 132 valence electrons. The molecule has 0 bridgehead atoms. The smallest absolute Gasteiger partial charge is 0.253 e. The van der Waals surface area contributed by atoms with E-state index in [0.29, 0.717) is 27.9 Å². The van der Waals surface area contributed by atoms with Gasteiger partial charge in [-0.3, -0.25) is 20.4 Å². The molecule has 0 unspecified atom stereocenters. The Morgan fingerprint density at radius 3 is 2.92 bits per heavy atom. The number of H-pyrrole nitrogens is 1. The fourth-order valence-corrected chi connectivity index (χ4v) is 3.03. The van der Waals surface area contributed by atoms with E-state index in [9.17, 15) is 9.59 Å². The number of fused-ring (bicyclic) bond motifs is 2. The van der Waals surface area contributed by atoms with Crippen LogP contribution in [0, 0.1) is 0 Å². The number of carbonyl (C=O) groups excluding carboxylic acids is 1. The predicted octanol–water partition coefficient (Wildman–Crippen LogP) is 2.14. The van der Waals surface area contributed by atoms with E-state index in [1.165, 1.54) is 0 Å². The highest BCUT2D eigenvalue weighted by molar-refractivity contribution is 6.31. The minimum atomic E-state index is -0.335. The van der Waals surface area contributed by atoms with Crippen LogP contribution in [0.3, 0.4) is 0 Å². The Balaban J connectivity index is 1.63. The minimum absolute atomic E-state index is 0.142. The number of halogens is 1. The van der Waals surface area contributed by atoms with Crippen LogP contribution in [0.5, 0.6) is 0 Å². The maximum atomic E-state index is 12.4. The number of amides is 1. The molecule has 1 amide bonds. The molecule has 4 rings (SSSR count). The van der Waals surface area contributed by atoms with Crippen molar-refractivity contribution in [3.63, 3.8) is 0 Å². The molecular formula is C17H15ClN6O2. The van der Waals surface area contributed by atoms with E-state index in [1.54, 1.807) is 30.5 Å². The van der Waals surface area contributed by atoms with Gasteiger partial charge in [0.2, 0.25) is 11.9 Å². The van der Waals surface area contributed by atoms with E-state index in [4.69, 9.17) is 11.6 Å². The van der Waals surface area contributed by atoms with Crippen molar-refractivity contribution < 1.29 is 4.79 Å². The summed E-state index contributed by atoms with van der Waals surface area (Å²) in [4.78, 5) is 35.2. The molecule has 0 radical (unpaired) electrons. The number of aromatic amines is 1. The summed E-state index contributed by atoms with van der Waals surface area (Å²) in [5.74, 6) is 0.746. The van der Waals surface area contributed by atoms with Crippen LogP contribution in [-0.4, -0.2) is 20.9 Å². The van der Waals surface area contributed by atoms with Gasteiger partial charge in [0.15, 0.2) is 5.82 Å². The lowest BCUT2D eigenvalue weighted by Gasteiger charge is -2.19. The van der Waals surface area contributed by atoms with Crippen LogP contribution < -0.4 is 21.7 Å². The monoisotopic (exact) mass is 370 g/mol. The van der Waals surface area contributed by atoms with E-state index in [0.717, 1.165) is 10.9 Å². The molecule has 3 heterocycles. The van der Waals surface area contributed by atoms with Gasteiger partial charge in [0.05, 0.1) is 12.5 Å². The molecule has 0 fully saturated rings. The lowest BCUT2D eigenvalue weighted by Crippen LogP contribution is -2.36. The summed E-state index contributed by atoms with van der Waals surface area (Å²) in [7, 11) is 0. The predicted molar refractivity (Wildman–Crippen MR) is 99.1 cm³/mol. The van der Waals surface area contributed by atoms with Crippen LogP contribution in [0.15, 0.2) is 35.3 Å². The number of aromatic nitrogens is 3. The highest BCUT2D eigenvalue weighted by atomic mass is 35.5. The largest absolute Gasteiger partial charge is 0.347 e. The molecule has 1 aliphatic rings. The number of hydrogen-bond acceptors (Lipinski definition) is 6. The number of carbonyl (C=O) groups is 1. The number of rotatable bonds is 3. The summed E-state index contributed by atoms with van der Waals surface area (Å²) in [5, 5.41) is 4.56. The third-order valence-corrected chi connectivity index (χ3v) is 4.42. The van der Waals surface area contributed by atoms with E-state index >= 15 is 0 Å². The number of pyridine rings is 1. The third kappa shape index (κ3) is 3.06. The molecular weight excluding hydrogens is 356 g/mol. The zero-order valence-corrected chi connectivity index (χ0v) is 14.5. The molecule has 3 aromatic rings. The summed E-state index contributed by atoms with van der Waals surface area (Å²) in [5.41, 5.74) is 7.03. The van der Waals surface area contributed by atoms with Crippen molar-refractivity contribution in [2.24, 2.45) is 0 Å². The second kappa shape index (κ2) is 6.30. The van der Waals surface area contributed by atoms with Gasteiger partial charge in [0.25, 0.3) is 5.56 Å². The lowest BCUT2D eigenvalue weighted by molar-refractivity contribution is -0.120. The summed E-state index contributed by atoms with van der Waals surface area (Å²) in [6.45, 7) is 1.85. The Morgan fingerprint density at radius 2 is 2.08 bits per heavy atom. The van der Waals surface area contributed by atoms with Crippen LogP contribution in [0.2, 0.25) is 5.02 Å². The number of benzene rings is 1. The Morgan fingerprint density at radius 1 is 1.23 bits per heavy atom. The first-order chi connectivity index (χ1) is 12.5. The molecule has 0 spiro atoms. The molecule has 4 N–H and O–H groups in total. The quantitative estimate of drug-likeness (QED) is 0.562. The van der Waals surface area contributed by atoms with Crippen molar-refractivity contribution in [1.82, 2.24) is 20.4 Å². The van der Waals surface area contributed by atoms with Crippen LogP contribution >= 0.6 is 11.6 Å². The van der Waals surface area contributed by atoms with Gasteiger partial charge in [-0.1, -0.05) is 11.6 Å². The van der Waals surface area contributed by atoms with Crippen LogP contribution in [-0.2, 0) is 11.2 Å². The lowest BCUT2D eigenvalue weighted by atomic mass is 10.1. The SMILES string of the molecule is C[C@H](Nc1ncc2c(n1)NNC(=O)C2)c1cc2cc(Cl)ccc2[nH]c1=O. The zero-order chi connectivity index (χ0) is 18.3. The van der Waals surface area contributed by atoms with Gasteiger partial charge >= 0.3 is 0 Å². The van der Waals surface area contributed by atoms with Gasteiger partial charge in [-0.15, -0.1) is 0 Å². The number of nitrogens with one attached hydrogen (secondary N) is 4. The summed E-state index contributed by atoms with van der Waals surface area (Å²) < 4.78 is 0. The Bertz CT molecular complexity index is 1080. The van der Waals surface area contributed by atoms with E-state index in [1.807, 2.05) is 6.92 Å². The molecule has 0 saturated carbocycles. The first-order valence-electron chi connectivity index (χ1n) is 7.99. The zero-order valence-electron chi connectivity index (χ0n) is 13.8. The van der Waals surface area contributed by atoms with Gasteiger partial charge in [-0.25, -0.2) is 4.98 Å². The highest BCUT2D eigenvalue weighted by Gasteiger charge is 2.18. The van der Waals surface area contributed by atoms with Gasteiger partial charge in [-0.2, -0.15) is 4.98 Å². The fraction of sp³-hybridized carbons (Fsp3) is 0.176. The Hall–Kier alpha value is -3.13. The summed E-state index contributed by atoms with van der Waals surface area (Å²) in [6.07, 6.45) is 1.82. The van der Waals surface area contributed by atoms with Gasteiger partial charge in [0, 0.05) is 33.2 Å². The van der Waals surface area contributed by atoms with Crippen molar-refractivity contribution in [2.75, 3.05) is 10.7 Å². The van der Waals surface area contributed by atoms with Crippen LogP contribution in [0.1, 0.15) is 24.1 Å². The maximum Gasteiger partial charge on any atom is 0.253 e. The molecule has 9 heteroatoms. The molecule has 1 aliphatic heterocycles. The molecule has 2 aromatic heterocycles. The van der Waals surface area contributed by atoms with Crippen LogP contribution in [0.4, 0.5) is 11.8 Å². The molecule has 0 saturated heterocycles. The molecule has 1 atom stereocenters. The van der Waals surface area contributed by atoms with E-state index < -0.39 is 0 Å².